The number of aliphatic hydroxyl groups excluding tert-OH is 1. The van der Waals surface area contributed by atoms with E-state index in [0.29, 0.717) is 22.1 Å². The lowest BCUT2D eigenvalue weighted by molar-refractivity contribution is -0.130. The van der Waals surface area contributed by atoms with Crippen molar-refractivity contribution in [3.05, 3.63) is 94.6 Å². The van der Waals surface area contributed by atoms with Crippen LogP contribution in [0.4, 0.5) is 0 Å². The first-order valence-electron chi connectivity index (χ1n) is 8.75. The normalized spacial score (nSPS) is 16.7. The van der Waals surface area contributed by atoms with Gasteiger partial charge < -0.3 is 19.2 Å². The van der Waals surface area contributed by atoms with Crippen LogP contribution in [0.3, 0.4) is 0 Å². The van der Waals surface area contributed by atoms with E-state index >= 15 is 0 Å². The van der Waals surface area contributed by atoms with Gasteiger partial charge in [-0.3, -0.25) is 4.79 Å². The molecule has 1 N–H and O–H groups in total. The van der Waals surface area contributed by atoms with Crippen molar-refractivity contribution in [2.45, 2.75) is 12.6 Å². The number of hydrogen-bond donors (Lipinski definition) is 1. The highest BCUT2D eigenvalue weighted by atomic mass is 35.5. The van der Waals surface area contributed by atoms with Crippen molar-refractivity contribution in [2.75, 3.05) is 7.11 Å². The van der Waals surface area contributed by atoms with Gasteiger partial charge in [-0.25, -0.2) is 0 Å². The molecule has 2 aromatic carbocycles. The minimum atomic E-state index is -0.469. The number of halogens is 1. The molecular weight excluding hydrogens is 378 g/mol. The summed E-state index contributed by atoms with van der Waals surface area (Å²) in [6.07, 6.45) is 1.56. The Hall–Kier alpha value is -3.18. The number of benzene rings is 2. The van der Waals surface area contributed by atoms with E-state index < -0.39 is 11.9 Å². The number of carbonyl (C=O) groups is 1. The van der Waals surface area contributed by atoms with E-state index in [2.05, 4.69) is 0 Å². The molecule has 1 unspecified atom stereocenters. The molecular formula is C22H18ClNO4. The van der Waals surface area contributed by atoms with Crippen molar-refractivity contribution in [1.82, 2.24) is 4.90 Å². The van der Waals surface area contributed by atoms with E-state index in [4.69, 9.17) is 20.8 Å². The summed E-state index contributed by atoms with van der Waals surface area (Å²) in [6.45, 7) is 0.239. The molecule has 28 heavy (non-hydrogen) atoms. The third-order valence-electron chi connectivity index (χ3n) is 4.80. The van der Waals surface area contributed by atoms with Gasteiger partial charge >= 0.3 is 0 Å². The monoisotopic (exact) mass is 395 g/mol. The fourth-order valence-electron chi connectivity index (χ4n) is 3.44. The smallest absolute Gasteiger partial charge is 0.290 e. The van der Waals surface area contributed by atoms with Gasteiger partial charge in [-0.1, -0.05) is 35.9 Å². The molecule has 1 atom stereocenters. The molecule has 6 heteroatoms. The predicted molar refractivity (Wildman–Crippen MR) is 106 cm³/mol. The second kappa shape index (κ2) is 7.44. The molecule has 1 aromatic heterocycles. The zero-order valence-corrected chi connectivity index (χ0v) is 15.9. The van der Waals surface area contributed by atoms with Crippen LogP contribution in [0.15, 0.2) is 77.1 Å². The van der Waals surface area contributed by atoms with Crippen molar-refractivity contribution in [1.29, 1.82) is 0 Å². The summed E-state index contributed by atoms with van der Waals surface area (Å²) in [4.78, 5) is 14.5. The van der Waals surface area contributed by atoms with Crippen LogP contribution in [0.5, 0.6) is 5.75 Å². The van der Waals surface area contributed by atoms with E-state index in [9.17, 15) is 9.90 Å². The van der Waals surface area contributed by atoms with Crippen LogP contribution in [0.2, 0.25) is 5.02 Å². The topological polar surface area (TPSA) is 62.9 Å². The van der Waals surface area contributed by atoms with Crippen LogP contribution in [-0.4, -0.2) is 23.0 Å². The summed E-state index contributed by atoms with van der Waals surface area (Å²) in [7, 11) is 1.59. The maximum Gasteiger partial charge on any atom is 0.290 e. The first-order chi connectivity index (χ1) is 13.6. The molecule has 1 amide bonds. The van der Waals surface area contributed by atoms with Gasteiger partial charge in [0.2, 0.25) is 0 Å². The number of amides is 1. The standard InChI is InChI=1S/C22H18ClNO4/c1-27-17-10-6-14(7-11-17)19-20(15-4-8-16(23)9-5-15)24(22(26)21(19)25)13-18-3-2-12-28-18/h2-12,20,25H,13H2,1H3. The highest BCUT2D eigenvalue weighted by Gasteiger charge is 2.41. The van der Waals surface area contributed by atoms with Crippen LogP contribution in [0.25, 0.3) is 5.57 Å². The average Bonchev–Trinajstić information content (AvgIpc) is 3.31. The lowest BCUT2D eigenvalue weighted by Crippen LogP contribution is -2.29. The van der Waals surface area contributed by atoms with E-state index in [1.54, 1.807) is 54.7 Å². The Bertz CT molecular complexity index is 1010. The molecule has 1 aliphatic rings. The number of ether oxygens (including phenoxy) is 1. The van der Waals surface area contributed by atoms with Crippen molar-refractivity contribution < 1.29 is 19.1 Å². The maximum absolute atomic E-state index is 12.9. The minimum absolute atomic E-state index is 0.239. The molecule has 0 spiro atoms. The quantitative estimate of drug-likeness (QED) is 0.660. The zero-order chi connectivity index (χ0) is 19.7. The van der Waals surface area contributed by atoms with Crippen LogP contribution >= 0.6 is 11.6 Å². The minimum Gasteiger partial charge on any atom is -0.503 e. The fourth-order valence-corrected chi connectivity index (χ4v) is 3.57. The van der Waals surface area contributed by atoms with E-state index in [1.165, 1.54) is 0 Å². The van der Waals surface area contributed by atoms with Gasteiger partial charge in [0.25, 0.3) is 5.91 Å². The van der Waals surface area contributed by atoms with Crippen LogP contribution < -0.4 is 4.74 Å². The fraction of sp³-hybridized carbons (Fsp3) is 0.136. The third-order valence-corrected chi connectivity index (χ3v) is 5.05. The Morgan fingerprint density at radius 3 is 2.43 bits per heavy atom. The van der Waals surface area contributed by atoms with Gasteiger partial charge in [-0.15, -0.1) is 0 Å². The molecule has 142 valence electrons. The van der Waals surface area contributed by atoms with Gasteiger partial charge in [-0.05, 0) is 47.5 Å². The van der Waals surface area contributed by atoms with Gasteiger partial charge in [0.1, 0.15) is 11.5 Å². The Balaban J connectivity index is 1.80. The third kappa shape index (κ3) is 3.25. The first kappa shape index (κ1) is 18.2. The molecule has 2 heterocycles. The Morgan fingerprint density at radius 2 is 1.82 bits per heavy atom. The number of nitrogens with zero attached hydrogens (tertiary/aromatic N) is 1. The molecule has 0 saturated carbocycles. The predicted octanol–water partition coefficient (Wildman–Crippen LogP) is 4.99. The summed E-state index contributed by atoms with van der Waals surface area (Å²) in [5.41, 5.74) is 2.13. The van der Waals surface area contributed by atoms with E-state index in [0.717, 1.165) is 11.1 Å². The van der Waals surface area contributed by atoms with Gasteiger partial charge in [0.05, 0.1) is 26.0 Å². The summed E-state index contributed by atoms with van der Waals surface area (Å²) in [5, 5.41) is 11.3. The first-order valence-corrected chi connectivity index (χ1v) is 9.12. The largest absolute Gasteiger partial charge is 0.503 e. The van der Waals surface area contributed by atoms with Crippen molar-refractivity contribution in [2.24, 2.45) is 0 Å². The highest BCUT2D eigenvalue weighted by molar-refractivity contribution is 6.30. The van der Waals surface area contributed by atoms with Gasteiger partial charge in [0, 0.05) is 10.6 Å². The maximum atomic E-state index is 12.9. The number of methoxy groups -OCH3 is 1. The van der Waals surface area contributed by atoms with Gasteiger partial charge in [0.15, 0.2) is 5.76 Å². The molecule has 1 aliphatic heterocycles. The molecule has 0 bridgehead atoms. The highest BCUT2D eigenvalue weighted by Crippen LogP contribution is 2.44. The molecule has 0 radical (unpaired) electrons. The van der Waals surface area contributed by atoms with Gasteiger partial charge in [-0.2, -0.15) is 0 Å². The molecule has 3 aromatic rings. The van der Waals surface area contributed by atoms with Crippen LogP contribution in [0, 0.1) is 0 Å². The number of aliphatic hydroxyl groups is 1. The lowest BCUT2D eigenvalue weighted by Gasteiger charge is -2.26. The van der Waals surface area contributed by atoms with E-state index in [1.807, 2.05) is 24.3 Å². The average molecular weight is 396 g/mol. The summed E-state index contributed by atoms with van der Waals surface area (Å²) in [5.74, 6) is 0.624. The van der Waals surface area contributed by atoms with E-state index in [-0.39, 0.29) is 12.3 Å². The second-order valence-corrected chi connectivity index (χ2v) is 6.89. The number of furan rings is 1. The molecule has 4 rings (SSSR count). The van der Waals surface area contributed by atoms with Crippen LogP contribution in [0.1, 0.15) is 22.9 Å². The number of rotatable bonds is 5. The molecule has 5 nitrogen and oxygen atoms in total. The zero-order valence-electron chi connectivity index (χ0n) is 15.1. The number of hydrogen-bond acceptors (Lipinski definition) is 4. The second-order valence-electron chi connectivity index (χ2n) is 6.46. The van der Waals surface area contributed by atoms with Crippen molar-refractivity contribution in [3.8, 4) is 5.75 Å². The summed E-state index contributed by atoms with van der Waals surface area (Å²) >= 11 is 6.04. The number of carbonyl (C=O) groups excluding carboxylic acids is 1. The summed E-state index contributed by atoms with van der Waals surface area (Å²) in [6, 6.07) is 17.6. The van der Waals surface area contributed by atoms with Crippen LogP contribution in [-0.2, 0) is 11.3 Å². The SMILES string of the molecule is COc1ccc(C2=C(O)C(=O)N(Cc3ccco3)C2c2ccc(Cl)cc2)cc1. The lowest BCUT2D eigenvalue weighted by atomic mass is 9.93. The Labute approximate surface area is 167 Å². The van der Waals surface area contributed by atoms with Crippen molar-refractivity contribution in [3.63, 3.8) is 0 Å². The molecule has 0 fully saturated rings. The Morgan fingerprint density at radius 1 is 1.11 bits per heavy atom. The summed E-state index contributed by atoms with van der Waals surface area (Å²) < 4.78 is 10.6. The molecule has 0 saturated heterocycles. The Kier molecular flexibility index (Phi) is 4.84. The molecule has 0 aliphatic carbocycles. The van der Waals surface area contributed by atoms with Crippen molar-refractivity contribution >= 4 is 23.1 Å².